The van der Waals surface area contributed by atoms with E-state index >= 15 is 0 Å². The highest BCUT2D eigenvalue weighted by molar-refractivity contribution is 5.55. The molecule has 4 nitrogen and oxygen atoms in total. The Hall–Kier alpha value is -1.58. The summed E-state index contributed by atoms with van der Waals surface area (Å²) < 4.78 is 21.6. The van der Waals surface area contributed by atoms with Gasteiger partial charge in [0.15, 0.2) is 11.5 Å². The van der Waals surface area contributed by atoms with E-state index in [9.17, 15) is 0 Å². The van der Waals surface area contributed by atoms with Crippen LogP contribution in [-0.4, -0.2) is 27.9 Å². The summed E-state index contributed by atoms with van der Waals surface area (Å²) in [5.74, 6) is 2.53. The summed E-state index contributed by atoms with van der Waals surface area (Å²) in [5.41, 5.74) is 0.332. The fourth-order valence-electron chi connectivity index (χ4n) is 1.93. The minimum Gasteiger partial charge on any atom is -0.493 e. The van der Waals surface area contributed by atoms with Crippen molar-refractivity contribution >= 4 is 0 Å². The molecule has 0 spiro atoms. The third-order valence-electron chi connectivity index (χ3n) is 2.98. The van der Waals surface area contributed by atoms with E-state index in [-0.39, 0.29) is 0 Å². The average molecular weight is 282 g/mol. The van der Waals surface area contributed by atoms with Gasteiger partial charge in [-0.15, -0.1) is 0 Å². The lowest BCUT2D eigenvalue weighted by molar-refractivity contribution is 0.264. The number of hydrogen-bond acceptors (Lipinski definition) is 4. The van der Waals surface area contributed by atoms with Gasteiger partial charge in [-0.3, -0.25) is 0 Å². The van der Waals surface area contributed by atoms with Crippen LogP contribution in [0.4, 0.5) is 0 Å². The van der Waals surface area contributed by atoms with Crippen molar-refractivity contribution in [3.05, 3.63) is 12.1 Å². The van der Waals surface area contributed by atoms with Crippen molar-refractivity contribution in [1.82, 2.24) is 0 Å². The first kappa shape index (κ1) is 16.5. The third kappa shape index (κ3) is 4.83. The Labute approximate surface area is 122 Å². The Balaban J connectivity index is 2.71. The van der Waals surface area contributed by atoms with Crippen LogP contribution < -0.4 is 18.9 Å². The van der Waals surface area contributed by atoms with Crippen molar-refractivity contribution in [3.8, 4) is 23.0 Å². The zero-order valence-corrected chi connectivity index (χ0v) is 13.4. The van der Waals surface area contributed by atoms with E-state index in [2.05, 4.69) is 20.8 Å². The van der Waals surface area contributed by atoms with Gasteiger partial charge in [0, 0.05) is 12.1 Å². The highest BCUT2D eigenvalue weighted by Gasteiger charge is 2.14. The van der Waals surface area contributed by atoms with Crippen LogP contribution in [0.25, 0.3) is 0 Å². The Morgan fingerprint density at radius 2 is 1.45 bits per heavy atom. The SMILES string of the molecule is COc1cc(OCCCC(C)(C)C)cc(OC)c1OC. The van der Waals surface area contributed by atoms with Crippen molar-refractivity contribution in [1.29, 1.82) is 0 Å². The lowest BCUT2D eigenvalue weighted by Gasteiger charge is -2.18. The first-order chi connectivity index (χ1) is 9.41. The summed E-state index contributed by atoms with van der Waals surface area (Å²) in [4.78, 5) is 0. The molecule has 0 bridgehead atoms. The monoisotopic (exact) mass is 282 g/mol. The molecule has 0 saturated carbocycles. The molecule has 0 fully saturated rings. The molecule has 0 saturated heterocycles. The second-order valence-electron chi connectivity index (χ2n) is 5.87. The molecular formula is C16H26O4. The van der Waals surface area contributed by atoms with Crippen molar-refractivity contribution in [2.24, 2.45) is 5.41 Å². The molecule has 1 aromatic carbocycles. The Kier molecular flexibility index (Phi) is 5.99. The van der Waals surface area contributed by atoms with Gasteiger partial charge in [-0.25, -0.2) is 0 Å². The largest absolute Gasteiger partial charge is 0.493 e. The van der Waals surface area contributed by atoms with E-state index in [1.807, 2.05) is 12.1 Å². The van der Waals surface area contributed by atoms with Crippen LogP contribution >= 0.6 is 0 Å². The molecule has 0 radical (unpaired) electrons. The Bertz CT molecular complexity index is 396. The third-order valence-corrected chi connectivity index (χ3v) is 2.98. The van der Waals surface area contributed by atoms with Crippen molar-refractivity contribution in [2.45, 2.75) is 33.6 Å². The quantitative estimate of drug-likeness (QED) is 0.710. The predicted molar refractivity (Wildman–Crippen MR) is 80.3 cm³/mol. The molecule has 1 rings (SSSR count). The van der Waals surface area contributed by atoms with E-state index in [1.165, 1.54) is 0 Å². The first-order valence-electron chi connectivity index (χ1n) is 6.84. The smallest absolute Gasteiger partial charge is 0.203 e. The number of rotatable bonds is 7. The molecule has 4 heteroatoms. The van der Waals surface area contributed by atoms with E-state index in [0.29, 0.717) is 29.3 Å². The van der Waals surface area contributed by atoms with Crippen LogP contribution in [0.3, 0.4) is 0 Å². The second-order valence-corrected chi connectivity index (χ2v) is 5.87. The maximum Gasteiger partial charge on any atom is 0.203 e. The maximum atomic E-state index is 5.77. The fraction of sp³-hybridized carbons (Fsp3) is 0.625. The van der Waals surface area contributed by atoms with Crippen LogP contribution in [-0.2, 0) is 0 Å². The highest BCUT2D eigenvalue weighted by Crippen LogP contribution is 2.40. The molecule has 114 valence electrons. The maximum absolute atomic E-state index is 5.77. The van der Waals surface area contributed by atoms with Gasteiger partial charge < -0.3 is 18.9 Å². The minimum atomic E-state index is 0.332. The highest BCUT2D eigenvalue weighted by atomic mass is 16.5. The molecule has 0 atom stereocenters. The first-order valence-corrected chi connectivity index (χ1v) is 6.84. The van der Waals surface area contributed by atoms with Crippen LogP contribution in [0.15, 0.2) is 12.1 Å². The van der Waals surface area contributed by atoms with E-state index in [0.717, 1.165) is 18.6 Å². The van der Waals surface area contributed by atoms with Gasteiger partial charge in [0.2, 0.25) is 5.75 Å². The minimum absolute atomic E-state index is 0.332. The Morgan fingerprint density at radius 3 is 1.85 bits per heavy atom. The number of ether oxygens (including phenoxy) is 4. The zero-order valence-electron chi connectivity index (χ0n) is 13.4. The molecule has 20 heavy (non-hydrogen) atoms. The van der Waals surface area contributed by atoms with E-state index < -0.39 is 0 Å². The number of benzene rings is 1. The van der Waals surface area contributed by atoms with Gasteiger partial charge in [0.25, 0.3) is 0 Å². The van der Waals surface area contributed by atoms with Gasteiger partial charge in [0.05, 0.1) is 27.9 Å². The van der Waals surface area contributed by atoms with Gasteiger partial charge >= 0.3 is 0 Å². The van der Waals surface area contributed by atoms with Gasteiger partial charge in [-0.05, 0) is 18.3 Å². The molecule has 0 unspecified atom stereocenters. The molecule has 0 aromatic heterocycles. The number of methoxy groups -OCH3 is 3. The molecule has 1 aromatic rings. The topological polar surface area (TPSA) is 36.9 Å². The zero-order chi connectivity index (χ0) is 15.2. The summed E-state index contributed by atoms with van der Waals surface area (Å²) >= 11 is 0. The molecule has 0 amide bonds. The van der Waals surface area contributed by atoms with Crippen LogP contribution in [0.5, 0.6) is 23.0 Å². The van der Waals surface area contributed by atoms with Crippen LogP contribution in [0.2, 0.25) is 0 Å². The molecule has 0 aliphatic carbocycles. The van der Waals surface area contributed by atoms with Gasteiger partial charge in [0.1, 0.15) is 5.75 Å². The summed E-state index contributed by atoms with van der Waals surface area (Å²) in [7, 11) is 4.78. The standard InChI is InChI=1S/C16H26O4/c1-16(2,3)8-7-9-20-12-10-13(17-4)15(19-6)14(11-12)18-5/h10-11H,7-9H2,1-6H3. The lowest BCUT2D eigenvalue weighted by Crippen LogP contribution is -2.08. The predicted octanol–water partition coefficient (Wildman–Crippen LogP) is 3.92. The fourth-order valence-corrected chi connectivity index (χ4v) is 1.93. The molecule has 0 heterocycles. The van der Waals surface area contributed by atoms with Crippen LogP contribution in [0, 0.1) is 5.41 Å². The number of hydrogen-bond donors (Lipinski definition) is 0. The second kappa shape index (κ2) is 7.27. The summed E-state index contributed by atoms with van der Waals surface area (Å²) in [6.07, 6.45) is 2.14. The molecule has 0 aliphatic rings. The van der Waals surface area contributed by atoms with E-state index in [4.69, 9.17) is 18.9 Å². The van der Waals surface area contributed by atoms with Crippen LogP contribution in [0.1, 0.15) is 33.6 Å². The van der Waals surface area contributed by atoms with Gasteiger partial charge in [-0.2, -0.15) is 0 Å². The summed E-state index contributed by atoms with van der Waals surface area (Å²) in [5, 5.41) is 0. The van der Waals surface area contributed by atoms with Crippen molar-refractivity contribution < 1.29 is 18.9 Å². The normalized spacial score (nSPS) is 11.1. The average Bonchev–Trinajstić information content (AvgIpc) is 2.41. The summed E-state index contributed by atoms with van der Waals surface area (Å²) in [6, 6.07) is 3.64. The Morgan fingerprint density at radius 1 is 0.900 bits per heavy atom. The van der Waals surface area contributed by atoms with Crippen molar-refractivity contribution in [2.75, 3.05) is 27.9 Å². The molecule has 0 N–H and O–H groups in total. The lowest BCUT2D eigenvalue weighted by atomic mass is 9.91. The van der Waals surface area contributed by atoms with Gasteiger partial charge in [-0.1, -0.05) is 20.8 Å². The summed E-state index contributed by atoms with van der Waals surface area (Å²) in [6.45, 7) is 7.36. The molecular weight excluding hydrogens is 256 g/mol. The van der Waals surface area contributed by atoms with E-state index in [1.54, 1.807) is 21.3 Å². The van der Waals surface area contributed by atoms with Crippen molar-refractivity contribution in [3.63, 3.8) is 0 Å². The molecule has 0 aliphatic heterocycles.